The van der Waals surface area contributed by atoms with E-state index in [-0.39, 0.29) is 6.17 Å². The van der Waals surface area contributed by atoms with Crippen LogP contribution < -0.4 is 0 Å². The minimum Gasteiger partial charge on any atom is -0.479 e. The van der Waals surface area contributed by atoms with Crippen molar-refractivity contribution in [2.24, 2.45) is 0 Å². The van der Waals surface area contributed by atoms with Crippen LogP contribution in [0.15, 0.2) is 0 Å². The van der Waals surface area contributed by atoms with Gasteiger partial charge in [0.05, 0.1) is 0 Å². The Kier molecular flexibility index (Phi) is 28.2. The van der Waals surface area contributed by atoms with Crippen molar-refractivity contribution in [2.75, 3.05) is 0 Å². The van der Waals surface area contributed by atoms with Crippen molar-refractivity contribution < 1.29 is 9.90 Å². The summed E-state index contributed by atoms with van der Waals surface area (Å²) >= 11 is 0. The van der Waals surface area contributed by atoms with Crippen molar-refractivity contribution in [3.05, 3.63) is 0 Å². The fraction of sp³-hybridized carbons (Fsp3) is 0.983. The van der Waals surface area contributed by atoms with Crippen LogP contribution in [-0.2, 0) is 4.79 Å². The molecule has 4 fully saturated rings. The standard InChI is InChI=1S/C59H114N4O2/c1-9-17-25-33-41-49-50(42-34-26-18-10-2)60(49)57(61-51(43-35-27-19-11-3)52(61)44-36-28-20-12-4)59(58(64)65,62-53(45-37-29-21-13-5)54(62)46-38-30-22-14-6)63-55(47-39-31-23-15-7)56(63)48-40-32-24-16-8/h49-57H,9-48H2,1-8H3,(H,64,65). The van der Waals surface area contributed by atoms with E-state index in [0.717, 1.165) is 0 Å². The van der Waals surface area contributed by atoms with Crippen LogP contribution in [0, 0.1) is 0 Å². The van der Waals surface area contributed by atoms with Crippen molar-refractivity contribution >= 4 is 5.97 Å². The average molecular weight is 912 g/mol. The van der Waals surface area contributed by atoms with Gasteiger partial charge < -0.3 is 5.11 Å². The zero-order chi connectivity index (χ0) is 46.9. The van der Waals surface area contributed by atoms with Gasteiger partial charge >= 0.3 is 5.97 Å². The summed E-state index contributed by atoms with van der Waals surface area (Å²) in [6.07, 6.45) is 50.8. The Hall–Kier alpha value is -0.690. The zero-order valence-electron chi connectivity index (χ0n) is 45.1. The number of carbonyl (C=O) groups is 1. The van der Waals surface area contributed by atoms with E-state index in [4.69, 9.17) is 0 Å². The van der Waals surface area contributed by atoms with Gasteiger partial charge in [0.1, 0.15) is 6.17 Å². The summed E-state index contributed by atoms with van der Waals surface area (Å²) in [6.45, 7) is 18.7. The maximum Gasteiger partial charge on any atom is 0.342 e. The van der Waals surface area contributed by atoms with E-state index in [0.29, 0.717) is 48.3 Å². The van der Waals surface area contributed by atoms with E-state index in [1.807, 2.05) is 0 Å². The summed E-state index contributed by atoms with van der Waals surface area (Å²) in [5.74, 6) is -0.477. The van der Waals surface area contributed by atoms with Crippen LogP contribution >= 0.6 is 0 Å². The first-order chi connectivity index (χ1) is 31.9. The molecule has 0 radical (unpaired) electrons. The fourth-order valence-electron chi connectivity index (χ4n) is 13.4. The van der Waals surface area contributed by atoms with Crippen molar-refractivity contribution in [3.63, 3.8) is 0 Å². The molecule has 4 saturated heterocycles. The molecule has 0 amide bonds. The van der Waals surface area contributed by atoms with Crippen molar-refractivity contribution in [1.29, 1.82) is 0 Å². The summed E-state index contributed by atoms with van der Waals surface area (Å²) < 4.78 is 0. The molecule has 4 aliphatic heterocycles. The molecule has 0 bridgehead atoms. The normalized spacial score (nSPS) is 30.3. The highest BCUT2D eigenvalue weighted by Crippen LogP contribution is 2.60. The predicted molar refractivity (Wildman–Crippen MR) is 282 cm³/mol. The molecule has 6 heteroatoms. The smallest absolute Gasteiger partial charge is 0.342 e. The van der Waals surface area contributed by atoms with Crippen LogP contribution in [-0.4, -0.2) is 90.8 Å². The lowest BCUT2D eigenvalue weighted by atomic mass is 10.0. The van der Waals surface area contributed by atoms with Gasteiger partial charge in [-0.15, -0.1) is 0 Å². The Bertz CT molecular complexity index is 1060. The van der Waals surface area contributed by atoms with E-state index in [9.17, 15) is 5.11 Å². The summed E-state index contributed by atoms with van der Waals surface area (Å²) in [7, 11) is 0. The minimum atomic E-state index is -0.991. The van der Waals surface area contributed by atoms with E-state index in [1.54, 1.807) is 0 Å². The number of unbranched alkanes of at least 4 members (excludes halogenated alkanes) is 24. The molecule has 1 N–H and O–H groups in total. The first-order valence-corrected chi connectivity index (χ1v) is 30.3. The maximum absolute atomic E-state index is 15.7. The van der Waals surface area contributed by atoms with E-state index >= 15 is 4.79 Å². The van der Waals surface area contributed by atoms with Crippen LogP contribution in [0.4, 0.5) is 0 Å². The predicted octanol–water partition coefficient (Wildman–Crippen LogP) is 17.1. The Labute approximate surface area is 406 Å². The van der Waals surface area contributed by atoms with Crippen LogP contribution in [0.5, 0.6) is 0 Å². The molecule has 4 heterocycles. The summed E-state index contributed by atoms with van der Waals surface area (Å²) in [5.41, 5.74) is -0.991. The van der Waals surface area contributed by atoms with Gasteiger partial charge in [-0.2, -0.15) is 0 Å². The molecule has 8 atom stereocenters. The first-order valence-electron chi connectivity index (χ1n) is 30.3. The third-order valence-electron chi connectivity index (χ3n) is 17.2. The SMILES string of the molecule is CCCCCCC1C(CCCCCC)N1C(N1C(CCCCCC)C1CCCCCC)C(C(=O)O)(N1C(CCCCCC)C1CCCCCC)N1C(CCCCCC)C1CCCCCC. The van der Waals surface area contributed by atoms with Gasteiger partial charge in [-0.3, -0.25) is 19.6 Å². The number of rotatable bonds is 46. The summed E-state index contributed by atoms with van der Waals surface area (Å²) in [5, 5.41) is 12.9. The highest BCUT2D eigenvalue weighted by Gasteiger charge is 2.79. The first kappa shape index (κ1) is 56.9. The number of nitrogens with zero attached hydrogens (tertiary/aromatic N) is 4. The molecule has 4 aliphatic rings. The lowest BCUT2D eigenvalue weighted by molar-refractivity contribution is -0.168. The molecule has 0 aliphatic carbocycles. The highest BCUT2D eigenvalue weighted by atomic mass is 16.4. The fourth-order valence-corrected chi connectivity index (χ4v) is 13.4. The molecule has 0 saturated carbocycles. The molecule has 4 rings (SSSR count). The number of hydrogen-bond donors (Lipinski definition) is 1. The molecule has 382 valence electrons. The van der Waals surface area contributed by atoms with Crippen molar-refractivity contribution in [1.82, 2.24) is 19.6 Å². The molecule has 0 aromatic heterocycles. The zero-order valence-corrected chi connectivity index (χ0v) is 45.1. The van der Waals surface area contributed by atoms with E-state index in [2.05, 4.69) is 75.0 Å². The minimum absolute atomic E-state index is 0.0581. The van der Waals surface area contributed by atoms with E-state index < -0.39 is 11.6 Å². The largest absolute Gasteiger partial charge is 0.479 e. The Morgan fingerprint density at radius 3 is 0.677 bits per heavy atom. The van der Waals surface area contributed by atoms with Gasteiger partial charge in [-0.1, -0.05) is 261 Å². The monoisotopic (exact) mass is 911 g/mol. The van der Waals surface area contributed by atoms with E-state index in [1.165, 1.54) is 257 Å². The molecular formula is C59H114N4O2. The Balaban J connectivity index is 1.92. The van der Waals surface area contributed by atoms with Crippen LogP contribution in [0.2, 0.25) is 0 Å². The number of carboxylic acid groups (broad SMARTS) is 1. The lowest BCUT2D eigenvalue weighted by Gasteiger charge is -2.44. The lowest BCUT2D eigenvalue weighted by Crippen LogP contribution is -2.69. The van der Waals surface area contributed by atoms with Gasteiger partial charge in [0.25, 0.3) is 0 Å². The van der Waals surface area contributed by atoms with Gasteiger partial charge in [0.15, 0.2) is 0 Å². The number of carboxylic acids is 1. The molecule has 8 unspecified atom stereocenters. The molecule has 0 aromatic carbocycles. The van der Waals surface area contributed by atoms with Gasteiger partial charge in [0.2, 0.25) is 5.66 Å². The summed E-state index contributed by atoms with van der Waals surface area (Å²) in [4.78, 5) is 27.3. The van der Waals surface area contributed by atoms with Gasteiger partial charge in [-0.25, -0.2) is 4.79 Å². The van der Waals surface area contributed by atoms with Crippen molar-refractivity contribution in [3.8, 4) is 0 Å². The van der Waals surface area contributed by atoms with Crippen LogP contribution in [0.1, 0.15) is 312 Å². The Morgan fingerprint density at radius 1 is 0.323 bits per heavy atom. The second kappa shape index (κ2) is 32.2. The molecule has 65 heavy (non-hydrogen) atoms. The van der Waals surface area contributed by atoms with Crippen LogP contribution in [0.25, 0.3) is 0 Å². The number of hydrogen-bond acceptors (Lipinski definition) is 5. The van der Waals surface area contributed by atoms with Crippen molar-refractivity contribution in [2.45, 2.75) is 372 Å². The number of aliphatic carboxylic acids is 1. The Morgan fingerprint density at radius 2 is 0.508 bits per heavy atom. The van der Waals surface area contributed by atoms with Crippen LogP contribution in [0.3, 0.4) is 0 Å². The molecule has 0 spiro atoms. The third-order valence-corrected chi connectivity index (χ3v) is 17.2. The average Bonchev–Trinajstić information content (AvgIpc) is 4.24. The summed E-state index contributed by atoms with van der Waals surface area (Å²) in [6, 6.07) is 3.68. The second-order valence-corrected chi connectivity index (χ2v) is 22.4. The molecule has 6 nitrogen and oxygen atoms in total. The topological polar surface area (TPSA) is 49.3 Å². The molecular weight excluding hydrogens is 797 g/mol. The van der Waals surface area contributed by atoms with Gasteiger partial charge in [0, 0.05) is 48.3 Å². The second-order valence-electron chi connectivity index (χ2n) is 22.4. The molecule has 0 aromatic rings. The highest BCUT2D eigenvalue weighted by molar-refractivity contribution is 5.81. The van der Waals surface area contributed by atoms with Gasteiger partial charge in [-0.05, 0) is 51.4 Å². The quantitative estimate of drug-likeness (QED) is 0.0485. The maximum atomic E-state index is 15.7. The third kappa shape index (κ3) is 16.7.